The molecular weight excluding hydrogens is 388 g/mol. The number of anilines is 1. The van der Waals surface area contributed by atoms with E-state index in [0.29, 0.717) is 33.9 Å². The molecule has 2 aromatic carbocycles. The lowest BCUT2D eigenvalue weighted by atomic mass is 10.1. The molecule has 0 aliphatic heterocycles. The quantitative estimate of drug-likeness (QED) is 0.515. The van der Waals surface area contributed by atoms with Crippen LogP contribution in [0.1, 0.15) is 21.6 Å². The Morgan fingerprint density at radius 2 is 1.90 bits per heavy atom. The van der Waals surface area contributed by atoms with Crippen LogP contribution in [0, 0.1) is 13.8 Å². The van der Waals surface area contributed by atoms with Gasteiger partial charge in [-0.1, -0.05) is 40.3 Å². The zero-order chi connectivity index (χ0) is 20.4. The summed E-state index contributed by atoms with van der Waals surface area (Å²) in [6.07, 6.45) is 0. The third kappa shape index (κ3) is 4.02. The van der Waals surface area contributed by atoms with Gasteiger partial charge in [0.05, 0.1) is 12.8 Å². The van der Waals surface area contributed by atoms with Crippen LogP contribution in [0.25, 0.3) is 22.2 Å². The van der Waals surface area contributed by atoms with E-state index in [-0.39, 0.29) is 5.91 Å². The first-order chi connectivity index (χ1) is 14.0. The van der Waals surface area contributed by atoms with E-state index < -0.39 is 0 Å². The van der Waals surface area contributed by atoms with Gasteiger partial charge in [-0.25, -0.2) is 4.98 Å². The van der Waals surface area contributed by atoms with E-state index in [1.54, 1.807) is 31.4 Å². The highest BCUT2D eigenvalue weighted by atomic mass is 32.1. The van der Waals surface area contributed by atoms with E-state index in [9.17, 15) is 4.79 Å². The van der Waals surface area contributed by atoms with Gasteiger partial charge in [-0.15, -0.1) is 0 Å². The SMILES string of the molecule is COc1ccc(C(=O)Nc2nc(C)c(-c3nc(-c4cccc(C)c4)no3)s2)cc1. The fourth-order valence-electron chi connectivity index (χ4n) is 2.78. The van der Waals surface area contributed by atoms with Crippen molar-refractivity contribution in [3.8, 4) is 27.9 Å². The van der Waals surface area contributed by atoms with Gasteiger partial charge in [0.1, 0.15) is 10.6 Å². The Balaban J connectivity index is 1.54. The highest BCUT2D eigenvalue weighted by molar-refractivity contribution is 7.19. The van der Waals surface area contributed by atoms with Gasteiger partial charge >= 0.3 is 0 Å². The number of nitrogens with one attached hydrogen (secondary N) is 1. The monoisotopic (exact) mass is 406 g/mol. The van der Waals surface area contributed by atoms with E-state index in [4.69, 9.17) is 9.26 Å². The summed E-state index contributed by atoms with van der Waals surface area (Å²) < 4.78 is 10.5. The minimum Gasteiger partial charge on any atom is -0.497 e. The summed E-state index contributed by atoms with van der Waals surface area (Å²) in [5.41, 5.74) is 3.22. The molecule has 0 atom stereocenters. The highest BCUT2D eigenvalue weighted by Crippen LogP contribution is 2.33. The number of aryl methyl sites for hydroxylation is 2. The number of thiazole rings is 1. The summed E-state index contributed by atoms with van der Waals surface area (Å²) >= 11 is 1.29. The summed E-state index contributed by atoms with van der Waals surface area (Å²) in [4.78, 5) is 22.1. The molecule has 0 radical (unpaired) electrons. The predicted molar refractivity (Wildman–Crippen MR) is 111 cm³/mol. The molecule has 0 spiro atoms. The van der Waals surface area contributed by atoms with Crippen LogP contribution in [0.3, 0.4) is 0 Å². The molecule has 2 aromatic heterocycles. The second kappa shape index (κ2) is 7.84. The molecule has 2 heterocycles. The maximum atomic E-state index is 12.5. The third-order valence-corrected chi connectivity index (χ3v) is 5.33. The summed E-state index contributed by atoms with van der Waals surface area (Å²) in [6.45, 7) is 3.85. The van der Waals surface area contributed by atoms with Crippen molar-refractivity contribution >= 4 is 22.4 Å². The summed E-state index contributed by atoms with van der Waals surface area (Å²) in [5, 5.41) is 7.35. The van der Waals surface area contributed by atoms with Crippen LogP contribution < -0.4 is 10.1 Å². The van der Waals surface area contributed by atoms with Crippen molar-refractivity contribution in [2.45, 2.75) is 13.8 Å². The van der Waals surface area contributed by atoms with E-state index in [0.717, 1.165) is 16.0 Å². The molecule has 0 saturated heterocycles. The second-order valence-electron chi connectivity index (χ2n) is 6.41. The van der Waals surface area contributed by atoms with Gasteiger partial charge in [0, 0.05) is 11.1 Å². The van der Waals surface area contributed by atoms with Crippen LogP contribution in [0.2, 0.25) is 0 Å². The number of aromatic nitrogens is 3. The number of amides is 1. The standard InChI is InChI=1S/C21H18N4O3S/c1-12-5-4-6-15(11-12)18-23-20(28-25-18)17-13(2)22-21(29-17)24-19(26)14-7-9-16(27-3)10-8-14/h4-11H,1-3H3,(H,22,24,26). The minimum atomic E-state index is -0.251. The normalized spacial score (nSPS) is 10.7. The van der Waals surface area contributed by atoms with E-state index >= 15 is 0 Å². The van der Waals surface area contributed by atoms with E-state index in [1.807, 2.05) is 38.1 Å². The van der Waals surface area contributed by atoms with Gasteiger partial charge in [0.15, 0.2) is 5.13 Å². The lowest BCUT2D eigenvalue weighted by Gasteiger charge is -2.03. The summed E-state index contributed by atoms with van der Waals surface area (Å²) in [7, 11) is 1.58. The Kier molecular flexibility index (Phi) is 5.09. The van der Waals surface area contributed by atoms with Crippen molar-refractivity contribution in [2.24, 2.45) is 0 Å². The number of carbonyl (C=O) groups is 1. The summed E-state index contributed by atoms with van der Waals surface area (Å²) in [5.74, 6) is 1.33. The molecule has 1 N–H and O–H groups in total. The van der Waals surface area contributed by atoms with Gasteiger partial charge in [-0.2, -0.15) is 4.98 Å². The maximum absolute atomic E-state index is 12.5. The van der Waals surface area contributed by atoms with Crippen molar-refractivity contribution < 1.29 is 14.1 Å². The second-order valence-corrected chi connectivity index (χ2v) is 7.41. The van der Waals surface area contributed by atoms with Crippen LogP contribution >= 0.6 is 11.3 Å². The molecule has 146 valence electrons. The van der Waals surface area contributed by atoms with E-state index in [1.165, 1.54) is 11.3 Å². The van der Waals surface area contributed by atoms with Gasteiger partial charge in [0.25, 0.3) is 11.8 Å². The third-order valence-electron chi connectivity index (χ3n) is 4.27. The van der Waals surface area contributed by atoms with E-state index in [2.05, 4.69) is 20.4 Å². The molecule has 8 heteroatoms. The molecule has 0 aliphatic carbocycles. The van der Waals surface area contributed by atoms with Crippen LogP contribution in [0.5, 0.6) is 5.75 Å². The number of nitrogens with zero attached hydrogens (tertiary/aromatic N) is 3. The molecule has 0 unspecified atom stereocenters. The number of ether oxygens (including phenoxy) is 1. The Hall–Kier alpha value is -3.52. The molecule has 0 saturated carbocycles. The molecule has 4 aromatic rings. The molecule has 0 bridgehead atoms. The van der Waals surface area contributed by atoms with Crippen molar-refractivity contribution in [2.75, 3.05) is 12.4 Å². The molecule has 7 nitrogen and oxygen atoms in total. The Bertz CT molecular complexity index is 1160. The highest BCUT2D eigenvalue weighted by Gasteiger charge is 2.18. The zero-order valence-corrected chi connectivity index (χ0v) is 16.9. The van der Waals surface area contributed by atoms with Gasteiger partial charge in [-0.05, 0) is 44.2 Å². The first kappa shape index (κ1) is 18.8. The van der Waals surface area contributed by atoms with Crippen molar-refractivity contribution in [1.82, 2.24) is 15.1 Å². The smallest absolute Gasteiger partial charge is 0.270 e. The van der Waals surface area contributed by atoms with Gasteiger partial charge in [0.2, 0.25) is 5.82 Å². The maximum Gasteiger partial charge on any atom is 0.270 e. The Labute approximate surface area is 171 Å². The first-order valence-electron chi connectivity index (χ1n) is 8.87. The fourth-order valence-corrected chi connectivity index (χ4v) is 3.66. The number of rotatable bonds is 5. The van der Waals surface area contributed by atoms with Crippen LogP contribution in [0.4, 0.5) is 5.13 Å². The number of methoxy groups -OCH3 is 1. The fraction of sp³-hybridized carbons (Fsp3) is 0.143. The Morgan fingerprint density at radius 3 is 2.62 bits per heavy atom. The average molecular weight is 406 g/mol. The number of benzene rings is 2. The summed E-state index contributed by atoms with van der Waals surface area (Å²) in [6, 6.07) is 14.7. The van der Waals surface area contributed by atoms with Gasteiger partial charge < -0.3 is 9.26 Å². The minimum absolute atomic E-state index is 0.251. The Morgan fingerprint density at radius 1 is 1.10 bits per heavy atom. The molecule has 29 heavy (non-hydrogen) atoms. The van der Waals surface area contributed by atoms with Crippen LogP contribution in [-0.4, -0.2) is 28.1 Å². The first-order valence-corrected chi connectivity index (χ1v) is 9.69. The average Bonchev–Trinajstić information content (AvgIpc) is 3.34. The van der Waals surface area contributed by atoms with Crippen LogP contribution in [-0.2, 0) is 0 Å². The lowest BCUT2D eigenvalue weighted by molar-refractivity contribution is 0.102. The van der Waals surface area contributed by atoms with Crippen LogP contribution in [0.15, 0.2) is 53.1 Å². The number of carbonyl (C=O) groups excluding carboxylic acids is 1. The molecule has 0 aliphatic rings. The number of hydrogen-bond acceptors (Lipinski definition) is 7. The van der Waals surface area contributed by atoms with Crippen molar-refractivity contribution in [1.29, 1.82) is 0 Å². The molecule has 0 fully saturated rings. The topological polar surface area (TPSA) is 90.1 Å². The zero-order valence-electron chi connectivity index (χ0n) is 16.1. The largest absolute Gasteiger partial charge is 0.497 e. The van der Waals surface area contributed by atoms with Gasteiger partial charge in [-0.3, -0.25) is 10.1 Å². The predicted octanol–water partition coefficient (Wildman–Crippen LogP) is 4.74. The lowest BCUT2D eigenvalue weighted by Crippen LogP contribution is -2.11. The molecule has 1 amide bonds. The molecule has 4 rings (SSSR count). The van der Waals surface area contributed by atoms with Crippen molar-refractivity contribution in [3.63, 3.8) is 0 Å². The number of hydrogen-bond donors (Lipinski definition) is 1. The van der Waals surface area contributed by atoms with Crippen molar-refractivity contribution in [3.05, 3.63) is 65.4 Å². The molecular formula is C21H18N4O3S.